The molecule has 0 fully saturated rings. The van der Waals surface area contributed by atoms with Crippen LogP contribution in [0.5, 0.6) is 5.75 Å². The summed E-state index contributed by atoms with van der Waals surface area (Å²) in [7, 11) is 0. The van der Waals surface area contributed by atoms with Crippen molar-refractivity contribution in [3.63, 3.8) is 0 Å². The smallest absolute Gasteiger partial charge is 0.335 e. The molecule has 0 saturated heterocycles. The minimum absolute atomic E-state index is 0.117. The van der Waals surface area contributed by atoms with Crippen LogP contribution in [-0.4, -0.2) is 22.6 Å². The number of allylic oxidation sites excluding steroid dienone is 2. The summed E-state index contributed by atoms with van der Waals surface area (Å²) in [6, 6.07) is 3.70. The van der Waals surface area contributed by atoms with E-state index >= 15 is 0 Å². The van der Waals surface area contributed by atoms with Crippen LogP contribution in [0.2, 0.25) is 0 Å². The summed E-state index contributed by atoms with van der Waals surface area (Å²) < 4.78 is 5.57. The van der Waals surface area contributed by atoms with Gasteiger partial charge in [0.2, 0.25) is 0 Å². The molecule has 1 aliphatic rings. The van der Waals surface area contributed by atoms with Crippen LogP contribution < -0.4 is 4.74 Å². The highest BCUT2D eigenvalue weighted by atomic mass is 16.6. The molecule has 1 N–H and O–H groups in total. The van der Waals surface area contributed by atoms with Gasteiger partial charge in [0.05, 0.1) is 17.1 Å². The summed E-state index contributed by atoms with van der Waals surface area (Å²) in [6.45, 7) is 2.51. The van der Waals surface area contributed by atoms with E-state index in [1.165, 1.54) is 12.1 Å². The molecule has 0 heterocycles. The fourth-order valence-electron chi connectivity index (χ4n) is 2.35. The molecule has 6 nitrogen and oxygen atoms in total. The molecule has 0 saturated carbocycles. The van der Waals surface area contributed by atoms with E-state index in [1.807, 2.05) is 0 Å². The van der Waals surface area contributed by atoms with Crippen LogP contribution in [-0.2, 0) is 0 Å². The Morgan fingerprint density at radius 2 is 2.14 bits per heavy atom. The molecule has 0 aliphatic heterocycles. The van der Waals surface area contributed by atoms with Gasteiger partial charge in [-0.25, -0.2) is 4.79 Å². The maximum Gasteiger partial charge on any atom is 0.335 e. The molecule has 1 aliphatic carbocycles. The highest BCUT2D eigenvalue weighted by Crippen LogP contribution is 2.31. The minimum Gasteiger partial charge on any atom is -0.486 e. The standard InChI is InChI=1S/C15H17NO5/c1-10-4-2-3-5-12(10)9-21-14-7-6-11(15(17)18)8-13(14)16(19)20/h2-3,6-8,10,12H,4-5,9H2,1H3,(H,17,18). The SMILES string of the molecule is CC1CC=CCC1COc1ccc(C(=O)O)cc1[N+](=O)[O-]. The van der Waals surface area contributed by atoms with Crippen molar-refractivity contribution in [2.75, 3.05) is 6.61 Å². The molecular weight excluding hydrogens is 274 g/mol. The molecule has 1 aromatic carbocycles. The molecule has 112 valence electrons. The Labute approximate surface area is 122 Å². The summed E-state index contributed by atoms with van der Waals surface area (Å²) >= 11 is 0. The van der Waals surface area contributed by atoms with E-state index in [9.17, 15) is 14.9 Å². The highest BCUT2D eigenvalue weighted by Gasteiger charge is 2.22. The van der Waals surface area contributed by atoms with Crippen molar-refractivity contribution in [2.45, 2.75) is 19.8 Å². The number of hydrogen-bond donors (Lipinski definition) is 1. The van der Waals surface area contributed by atoms with Gasteiger partial charge in [-0.1, -0.05) is 19.1 Å². The van der Waals surface area contributed by atoms with E-state index in [0.717, 1.165) is 18.9 Å². The van der Waals surface area contributed by atoms with Gasteiger partial charge in [-0.05, 0) is 36.8 Å². The van der Waals surface area contributed by atoms with Gasteiger partial charge in [-0.3, -0.25) is 10.1 Å². The van der Waals surface area contributed by atoms with Gasteiger partial charge >= 0.3 is 11.7 Å². The van der Waals surface area contributed by atoms with E-state index < -0.39 is 10.9 Å². The maximum absolute atomic E-state index is 11.0. The normalized spacial score (nSPS) is 21.0. The Hall–Kier alpha value is -2.37. The van der Waals surface area contributed by atoms with E-state index in [1.54, 1.807) is 0 Å². The maximum atomic E-state index is 11.0. The largest absolute Gasteiger partial charge is 0.486 e. The van der Waals surface area contributed by atoms with E-state index in [2.05, 4.69) is 19.1 Å². The lowest BCUT2D eigenvalue weighted by Gasteiger charge is -2.25. The molecular formula is C15H17NO5. The molecule has 21 heavy (non-hydrogen) atoms. The van der Waals surface area contributed by atoms with Crippen LogP contribution in [0, 0.1) is 22.0 Å². The molecule has 0 bridgehead atoms. The van der Waals surface area contributed by atoms with Crippen molar-refractivity contribution >= 4 is 11.7 Å². The van der Waals surface area contributed by atoms with Gasteiger partial charge < -0.3 is 9.84 Å². The second kappa shape index (κ2) is 6.39. The van der Waals surface area contributed by atoms with Gasteiger partial charge in [-0.15, -0.1) is 0 Å². The number of rotatable bonds is 5. The first-order chi connectivity index (χ1) is 9.99. The number of nitro groups is 1. The molecule has 0 aromatic heterocycles. The van der Waals surface area contributed by atoms with Gasteiger partial charge in [0.25, 0.3) is 0 Å². The van der Waals surface area contributed by atoms with Gasteiger partial charge in [-0.2, -0.15) is 0 Å². The fourth-order valence-corrected chi connectivity index (χ4v) is 2.35. The van der Waals surface area contributed by atoms with Crippen molar-refractivity contribution in [2.24, 2.45) is 11.8 Å². The van der Waals surface area contributed by atoms with E-state index in [4.69, 9.17) is 9.84 Å². The highest BCUT2D eigenvalue weighted by molar-refractivity contribution is 5.88. The first kappa shape index (κ1) is 15.0. The number of carbonyl (C=O) groups is 1. The molecule has 2 unspecified atom stereocenters. The Balaban J connectivity index is 2.14. The second-order valence-corrected chi connectivity index (χ2v) is 5.24. The topological polar surface area (TPSA) is 89.7 Å². The third-order valence-electron chi connectivity index (χ3n) is 3.77. The quantitative estimate of drug-likeness (QED) is 0.511. The molecule has 2 rings (SSSR count). The fraction of sp³-hybridized carbons (Fsp3) is 0.400. The lowest BCUT2D eigenvalue weighted by Crippen LogP contribution is -2.21. The predicted octanol–water partition coefficient (Wildman–Crippen LogP) is 3.27. The first-order valence-corrected chi connectivity index (χ1v) is 6.78. The molecule has 0 radical (unpaired) electrons. The second-order valence-electron chi connectivity index (χ2n) is 5.24. The molecule has 0 spiro atoms. The zero-order valence-corrected chi connectivity index (χ0v) is 11.7. The van der Waals surface area contributed by atoms with Crippen molar-refractivity contribution in [1.29, 1.82) is 0 Å². The number of nitrogens with zero attached hydrogens (tertiary/aromatic N) is 1. The molecule has 2 atom stereocenters. The summed E-state index contributed by atoms with van der Waals surface area (Å²) in [6.07, 6.45) is 6.09. The van der Waals surface area contributed by atoms with Crippen LogP contribution in [0.1, 0.15) is 30.1 Å². The summed E-state index contributed by atoms with van der Waals surface area (Å²) in [4.78, 5) is 21.3. The zero-order chi connectivity index (χ0) is 15.4. The monoisotopic (exact) mass is 291 g/mol. The van der Waals surface area contributed by atoms with Crippen molar-refractivity contribution < 1.29 is 19.6 Å². The van der Waals surface area contributed by atoms with Gasteiger partial charge in [0, 0.05) is 6.07 Å². The van der Waals surface area contributed by atoms with Gasteiger partial charge in [0.15, 0.2) is 5.75 Å². The molecule has 6 heteroatoms. The van der Waals surface area contributed by atoms with Crippen LogP contribution in [0.4, 0.5) is 5.69 Å². The number of benzene rings is 1. The predicted molar refractivity (Wildman–Crippen MR) is 76.6 cm³/mol. The third kappa shape index (κ3) is 3.59. The summed E-state index contributed by atoms with van der Waals surface area (Å²) in [5.74, 6) is -0.302. The van der Waals surface area contributed by atoms with Crippen LogP contribution in [0.25, 0.3) is 0 Å². The van der Waals surface area contributed by atoms with Crippen molar-refractivity contribution in [1.82, 2.24) is 0 Å². The summed E-state index contributed by atoms with van der Waals surface area (Å²) in [5.41, 5.74) is -0.433. The third-order valence-corrected chi connectivity index (χ3v) is 3.77. The average Bonchev–Trinajstić information content (AvgIpc) is 2.46. The number of hydrogen-bond acceptors (Lipinski definition) is 4. The van der Waals surface area contributed by atoms with E-state index in [0.29, 0.717) is 18.4 Å². The lowest BCUT2D eigenvalue weighted by molar-refractivity contribution is -0.386. The van der Waals surface area contributed by atoms with E-state index in [-0.39, 0.29) is 17.0 Å². The average molecular weight is 291 g/mol. The van der Waals surface area contributed by atoms with Crippen LogP contribution in [0.15, 0.2) is 30.4 Å². The molecule has 1 aromatic rings. The van der Waals surface area contributed by atoms with Gasteiger partial charge in [0.1, 0.15) is 0 Å². The van der Waals surface area contributed by atoms with Crippen molar-refractivity contribution in [3.8, 4) is 5.75 Å². The zero-order valence-electron chi connectivity index (χ0n) is 11.7. The first-order valence-electron chi connectivity index (χ1n) is 6.78. The van der Waals surface area contributed by atoms with Crippen LogP contribution in [0.3, 0.4) is 0 Å². The Morgan fingerprint density at radius 3 is 2.76 bits per heavy atom. The number of carboxylic acid groups (broad SMARTS) is 1. The number of nitro benzene ring substituents is 1. The number of carboxylic acids is 1. The molecule has 0 amide bonds. The lowest BCUT2D eigenvalue weighted by atomic mass is 9.85. The minimum atomic E-state index is -1.20. The Bertz CT molecular complexity index is 581. The Morgan fingerprint density at radius 1 is 1.43 bits per heavy atom. The number of aromatic carboxylic acids is 1. The number of ether oxygens (including phenoxy) is 1. The van der Waals surface area contributed by atoms with Crippen molar-refractivity contribution in [3.05, 3.63) is 46.0 Å². The summed E-state index contributed by atoms with van der Waals surface area (Å²) in [5, 5.41) is 19.9. The van der Waals surface area contributed by atoms with Crippen LogP contribution >= 0.6 is 0 Å². The Kier molecular flexibility index (Phi) is 4.57.